The Labute approximate surface area is 175 Å². The second-order valence-electron chi connectivity index (χ2n) is 7.05. The molecule has 2 atom stereocenters. The summed E-state index contributed by atoms with van der Waals surface area (Å²) in [6.07, 6.45) is 0.704. The van der Waals surface area contributed by atoms with Crippen molar-refractivity contribution in [2.75, 3.05) is 27.2 Å². The minimum Gasteiger partial charge on any atom is -0.495 e. The number of hydrogen-bond donors (Lipinski definition) is 1. The lowest BCUT2D eigenvalue weighted by molar-refractivity contribution is 0.290. The van der Waals surface area contributed by atoms with Crippen molar-refractivity contribution >= 4 is 26.0 Å². The van der Waals surface area contributed by atoms with E-state index in [1.165, 1.54) is 7.11 Å². The lowest BCUT2D eigenvalue weighted by atomic mass is 10.1. The largest absolute Gasteiger partial charge is 0.495 e. The normalized spacial score (nSPS) is 20.6. The van der Waals surface area contributed by atoms with E-state index in [1.54, 1.807) is 22.5 Å². The van der Waals surface area contributed by atoms with Crippen LogP contribution in [0.4, 0.5) is 0 Å². The lowest BCUT2D eigenvalue weighted by Gasteiger charge is -2.29. The fourth-order valence-electron chi connectivity index (χ4n) is 3.69. The van der Waals surface area contributed by atoms with Crippen LogP contribution in [-0.2, 0) is 16.6 Å². The van der Waals surface area contributed by atoms with E-state index < -0.39 is 10.0 Å². The number of sulfonamides is 1. The molecule has 2 aromatic carbocycles. The van der Waals surface area contributed by atoms with E-state index in [4.69, 9.17) is 10.5 Å². The van der Waals surface area contributed by atoms with E-state index in [-0.39, 0.29) is 17.0 Å². The van der Waals surface area contributed by atoms with Crippen molar-refractivity contribution in [3.63, 3.8) is 0 Å². The number of benzene rings is 2. The second kappa shape index (κ2) is 8.92. The Kier molecular flexibility index (Phi) is 6.77. The molecule has 0 aromatic heterocycles. The van der Waals surface area contributed by atoms with Gasteiger partial charge in [0.25, 0.3) is 0 Å². The van der Waals surface area contributed by atoms with Gasteiger partial charge in [0, 0.05) is 36.2 Å². The number of hydrogen-bond acceptors (Lipinski definition) is 5. The molecule has 1 aliphatic heterocycles. The molecule has 0 aliphatic carbocycles. The van der Waals surface area contributed by atoms with Gasteiger partial charge in [0.05, 0.1) is 7.11 Å². The quantitative estimate of drug-likeness (QED) is 0.677. The maximum atomic E-state index is 13.7. The van der Waals surface area contributed by atoms with Crippen LogP contribution in [0.2, 0.25) is 0 Å². The number of rotatable bonds is 7. The summed E-state index contributed by atoms with van der Waals surface area (Å²) in [4.78, 5) is 2.30. The first-order valence-electron chi connectivity index (χ1n) is 9.16. The summed E-state index contributed by atoms with van der Waals surface area (Å²) in [5, 5.41) is 0. The lowest BCUT2D eigenvalue weighted by Crippen LogP contribution is -2.41. The summed E-state index contributed by atoms with van der Waals surface area (Å²) in [5.41, 5.74) is 6.83. The predicted molar refractivity (Wildman–Crippen MR) is 114 cm³/mol. The molecule has 8 heteroatoms. The van der Waals surface area contributed by atoms with Crippen LogP contribution in [-0.4, -0.2) is 57.0 Å². The van der Waals surface area contributed by atoms with Crippen LogP contribution in [0.5, 0.6) is 5.75 Å². The first-order valence-corrected chi connectivity index (χ1v) is 11.4. The van der Waals surface area contributed by atoms with Gasteiger partial charge in [-0.3, -0.25) is 0 Å². The van der Waals surface area contributed by atoms with Crippen molar-refractivity contribution in [2.45, 2.75) is 29.9 Å². The predicted octanol–water partition coefficient (Wildman–Crippen LogP) is 2.68. The van der Waals surface area contributed by atoms with E-state index in [2.05, 4.69) is 20.8 Å². The first-order chi connectivity index (χ1) is 13.4. The third kappa shape index (κ3) is 4.41. The van der Waals surface area contributed by atoms with Gasteiger partial charge in [-0.05, 0) is 37.2 Å². The van der Waals surface area contributed by atoms with Gasteiger partial charge in [0.1, 0.15) is 10.6 Å². The molecule has 1 saturated heterocycles. The van der Waals surface area contributed by atoms with Gasteiger partial charge in [0.2, 0.25) is 10.0 Å². The van der Waals surface area contributed by atoms with Crippen LogP contribution in [0.15, 0.2) is 57.9 Å². The molecule has 0 saturated carbocycles. The van der Waals surface area contributed by atoms with Crippen LogP contribution in [0.3, 0.4) is 0 Å². The van der Waals surface area contributed by atoms with Crippen molar-refractivity contribution < 1.29 is 13.2 Å². The van der Waals surface area contributed by atoms with Gasteiger partial charge in [-0.15, -0.1) is 0 Å². The van der Waals surface area contributed by atoms with E-state index in [9.17, 15) is 8.42 Å². The van der Waals surface area contributed by atoms with Crippen LogP contribution >= 0.6 is 15.9 Å². The summed E-state index contributed by atoms with van der Waals surface area (Å²) in [6.45, 7) is 1.45. The summed E-state index contributed by atoms with van der Waals surface area (Å²) < 4.78 is 35.1. The van der Waals surface area contributed by atoms with E-state index in [0.29, 0.717) is 36.3 Å². The molecule has 1 aliphatic rings. The van der Waals surface area contributed by atoms with Gasteiger partial charge < -0.3 is 15.4 Å². The smallest absolute Gasteiger partial charge is 0.247 e. The molecule has 6 nitrogen and oxygen atoms in total. The van der Waals surface area contributed by atoms with E-state index in [0.717, 1.165) is 5.56 Å². The number of halogens is 1. The minimum atomic E-state index is -3.79. The number of ether oxygens (including phenoxy) is 1. The topological polar surface area (TPSA) is 75.9 Å². The molecule has 3 rings (SSSR count). The average Bonchev–Trinajstić information content (AvgIpc) is 3.07. The molecule has 2 N–H and O–H groups in total. The molecular weight excluding hydrogens is 442 g/mol. The SMILES string of the molecule is COc1ccc(Br)cc1S(=O)(=O)N(Cc1ccccc1)[C@@H]1C[C@H](CN)N(C)C1. The maximum Gasteiger partial charge on any atom is 0.247 e. The van der Waals surface area contributed by atoms with Gasteiger partial charge >= 0.3 is 0 Å². The van der Waals surface area contributed by atoms with Crippen molar-refractivity contribution in [3.05, 3.63) is 58.6 Å². The second-order valence-corrected chi connectivity index (χ2v) is 9.82. The van der Waals surface area contributed by atoms with Crippen LogP contribution < -0.4 is 10.5 Å². The summed E-state index contributed by atoms with van der Waals surface area (Å²) >= 11 is 3.38. The molecule has 1 heterocycles. The zero-order valence-electron chi connectivity index (χ0n) is 16.1. The Morgan fingerprint density at radius 2 is 1.96 bits per heavy atom. The number of methoxy groups -OCH3 is 1. The Hall–Kier alpha value is -1.45. The zero-order chi connectivity index (χ0) is 20.3. The monoisotopic (exact) mass is 467 g/mol. The van der Waals surface area contributed by atoms with Gasteiger partial charge in [0.15, 0.2) is 0 Å². The van der Waals surface area contributed by atoms with Crippen molar-refractivity contribution in [3.8, 4) is 5.75 Å². The standard InChI is InChI=1S/C20H26BrN3O3S/c1-23-14-18(11-17(23)12-22)24(13-15-6-4-3-5-7-15)28(25,26)20-10-16(21)8-9-19(20)27-2/h3-10,17-18H,11-14,22H2,1-2H3/t17-,18-/m1/s1. The Balaban J connectivity index is 2.04. The fraction of sp³-hybridized carbons (Fsp3) is 0.400. The van der Waals surface area contributed by atoms with Crippen molar-refractivity contribution in [1.82, 2.24) is 9.21 Å². The number of nitrogens with two attached hydrogens (primary N) is 1. The fourth-order valence-corrected chi connectivity index (χ4v) is 6.00. The van der Waals surface area contributed by atoms with Crippen LogP contribution in [0, 0.1) is 0 Å². The van der Waals surface area contributed by atoms with Gasteiger partial charge in [-0.1, -0.05) is 46.3 Å². The summed E-state index contributed by atoms with van der Waals surface area (Å²) in [6, 6.07) is 14.7. The molecule has 28 heavy (non-hydrogen) atoms. The maximum absolute atomic E-state index is 13.7. The van der Waals surface area contributed by atoms with Crippen LogP contribution in [0.1, 0.15) is 12.0 Å². The highest BCUT2D eigenvalue weighted by molar-refractivity contribution is 9.10. The molecular formula is C20H26BrN3O3S. The summed E-state index contributed by atoms with van der Waals surface area (Å²) in [5.74, 6) is 0.336. The Morgan fingerprint density at radius 1 is 1.25 bits per heavy atom. The molecule has 0 spiro atoms. The minimum absolute atomic E-state index is 0.160. The van der Waals surface area contributed by atoms with Crippen molar-refractivity contribution in [2.24, 2.45) is 5.73 Å². The number of likely N-dealkylation sites (N-methyl/N-ethyl adjacent to an activating group) is 1. The zero-order valence-corrected chi connectivity index (χ0v) is 18.5. The highest BCUT2D eigenvalue weighted by atomic mass is 79.9. The van der Waals surface area contributed by atoms with E-state index in [1.807, 2.05) is 37.4 Å². The number of nitrogens with zero attached hydrogens (tertiary/aromatic N) is 2. The van der Waals surface area contributed by atoms with Gasteiger partial charge in [-0.25, -0.2) is 8.42 Å². The molecule has 0 radical (unpaired) electrons. The van der Waals surface area contributed by atoms with E-state index >= 15 is 0 Å². The molecule has 152 valence electrons. The Morgan fingerprint density at radius 3 is 2.57 bits per heavy atom. The highest BCUT2D eigenvalue weighted by Crippen LogP contribution is 2.34. The van der Waals surface area contributed by atoms with Crippen molar-refractivity contribution in [1.29, 1.82) is 0 Å². The molecule has 0 bridgehead atoms. The summed E-state index contributed by atoms with van der Waals surface area (Å²) in [7, 11) is -0.318. The van der Waals surface area contributed by atoms with Crippen LogP contribution in [0.25, 0.3) is 0 Å². The highest BCUT2D eigenvalue weighted by Gasteiger charge is 2.39. The van der Waals surface area contributed by atoms with Gasteiger partial charge in [-0.2, -0.15) is 4.31 Å². The third-order valence-corrected chi connectivity index (χ3v) is 7.65. The third-order valence-electron chi connectivity index (χ3n) is 5.24. The molecule has 2 aromatic rings. The average molecular weight is 468 g/mol. The first kappa shape index (κ1) is 21.3. The molecule has 1 fully saturated rings. The Bertz CT molecular complexity index is 908. The molecule has 0 amide bonds. The number of likely N-dealkylation sites (tertiary alicyclic amines) is 1. The molecule has 0 unspecified atom stereocenters.